The smallest absolute Gasteiger partial charge is 0.0856 e. The lowest BCUT2D eigenvalue weighted by Gasteiger charge is -1.73. The molecule has 0 fully saturated rings. The third-order valence-corrected chi connectivity index (χ3v) is 0.408. The van der Waals surface area contributed by atoms with Crippen molar-refractivity contribution < 1.29 is 0 Å². The van der Waals surface area contributed by atoms with E-state index in [4.69, 9.17) is 0 Å². The van der Waals surface area contributed by atoms with E-state index in [1.807, 2.05) is 19.9 Å². The van der Waals surface area contributed by atoms with Crippen LogP contribution in [0.2, 0.25) is 0 Å². The fourth-order valence-corrected chi connectivity index (χ4v) is 0. The first-order chi connectivity index (χ1) is 2.27. The maximum atomic E-state index is 3.52. The molecule has 2 heteroatoms. The van der Waals surface area contributed by atoms with Crippen molar-refractivity contribution in [3.63, 3.8) is 0 Å². The first kappa shape index (κ1) is 15.7. The van der Waals surface area contributed by atoms with Gasteiger partial charge in [-0.25, -0.2) is 0 Å². The molecule has 0 aromatic carbocycles. The number of rotatable bonds is 0. The van der Waals surface area contributed by atoms with Crippen LogP contribution in [0.5, 0.6) is 0 Å². The summed E-state index contributed by atoms with van der Waals surface area (Å²) in [6.07, 6.45) is 1.83. The van der Waals surface area contributed by atoms with Gasteiger partial charge in [0, 0.05) is 0 Å². The van der Waals surface area contributed by atoms with E-state index in [1.165, 1.54) is 5.57 Å². The molecule has 0 heterocycles. The molecule has 0 saturated heterocycles. The average molecular weight is 129 g/mol. The maximum absolute atomic E-state index is 3.52. The van der Waals surface area contributed by atoms with Crippen molar-refractivity contribution in [3.8, 4) is 0 Å². The number of hydrogen-bond donors (Lipinski definition) is 0. The fourth-order valence-electron chi connectivity index (χ4n) is 0. The summed E-state index contributed by atoms with van der Waals surface area (Å²) in [5.41, 5.74) is 1.27. The Morgan fingerprint density at radius 1 is 1.29 bits per heavy atom. The van der Waals surface area contributed by atoms with Gasteiger partial charge in [-0.3, -0.25) is 0 Å². The molecule has 0 rings (SSSR count). The van der Waals surface area contributed by atoms with Gasteiger partial charge in [0.15, 0.2) is 34.7 Å². The van der Waals surface area contributed by atoms with Gasteiger partial charge in [0.25, 0.3) is 0 Å². The van der Waals surface area contributed by atoms with Crippen LogP contribution in [-0.4, -0.2) is 34.7 Å². The van der Waals surface area contributed by atoms with Gasteiger partial charge in [0.05, 0.1) is 0 Å². The van der Waals surface area contributed by atoms with Crippen LogP contribution in [0.3, 0.4) is 0 Å². The van der Waals surface area contributed by atoms with Gasteiger partial charge in [-0.05, 0) is 20.8 Å². The standard InChI is InChI=1S/C5H9.2Al.6H/c1-4-5(2)3;;;;;;;;/h4H,1H2,2-3H3;;;;;;;;. The van der Waals surface area contributed by atoms with Gasteiger partial charge in [0.1, 0.15) is 0 Å². The summed E-state index contributed by atoms with van der Waals surface area (Å²) < 4.78 is 0. The van der Waals surface area contributed by atoms with Crippen LogP contribution in [-0.2, 0) is 0 Å². The third-order valence-electron chi connectivity index (χ3n) is 0.408. The Bertz CT molecular complexity index is 44.0. The summed E-state index contributed by atoms with van der Waals surface area (Å²) in [5.74, 6) is 0. The van der Waals surface area contributed by atoms with E-state index in [9.17, 15) is 0 Å². The van der Waals surface area contributed by atoms with Gasteiger partial charge < -0.3 is 0 Å². The summed E-state index contributed by atoms with van der Waals surface area (Å²) in [7, 11) is 0. The van der Waals surface area contributed by atoms with E-state index < -0.39 is 0 Å². The van der Waals surface area contributed by atoms with Gasteiger partial charge in [-0.2, -0.15) is 0 Å². The second kappa shape index (κ2) is 9.93. The first-order valence-corrected chi connectivity index (χ1v) is 1.70. The molecule has 0 aliphatic rings. The number of allylic oxidation sites excluding steroid dienone is 2. The van der Waals surface area contributed by atoms with E-state index >= 15 is 0 Å². The molecule has 7 heavy (non-hydrogen) atoms. The molecule has 0 atom stereocenters. The predicted molar refractivity (Wildman–Crippen MR) is 44.7 cm³/mol. The second-order valence-corrected chi connectivity index (χ2v) is 1.28. The molecule has 0 saturated carbocycles. The van der Waals surface area contributed by atoms with E-state index in [0.29, 0.717) is 0 Å². The van der Waals surface area contributed by atoms with Crippen LogP contribution in [0.1, 0.15) is 13.8 Å². The Hall–Kier alpha value is 0.805. The minimum atomic E-state index is 0. The van der Waals surface area contributed by atoms with Gasteiger partial charge in [-0.1, -0.05) is 11.6 Å². The Kier molecular flexibility index (Phi) is 22.2. The van der Waals surface area contributed by atoms with Crippen LogP contribution in [0.4, 0.5) is 0 Å². The molecular formula is C5H15Al2. The zero-order chi connectivity index (χ0) is 4.28. The average Bonchev–Trinajstić information content (AvgIpc) is 1.38. The van der Waals surface area contributed by atoms with E-state index in [1.54, 1.807) is 0 Å². The molecule has 41 valence electrons. The first-order valence-electron chi connectivity index (χ1n) is 1.70. The van der Waals surface area contributed by atoms with Crippen molar-refractivity contribution in [3.05, 3.63) is 18.6 Å². The Balaban J connectivity index is -0.0000000800. The normalized spacial score (nSPS) is 5.00. The summed E-state index contributed by atoms with van der Waals surface area (Å²) >= 11 is 0. The molecule has 0 unspecified atom stereocenters. The van der Waals surface area contributed by atoms with Crippen molar-refractivity contribution in [1.82, 2.24) is 0 Å². The zero-order valence-electron chi connectivity index (χ0n) is 3.78. The van der Waals surface area contributed by atoms with Crippen molar-refractivity contribution in [2.24, 2.45) is 0 Å². The molecule has 0 bridgehead atoms. The molecule has 0 aliphatic heterocycles. The molecule has 0 aliphatic carbocycles. The molecule has 0 amide bonds. The van der Waals surface area contributed by atoms with E-state index in [0.717, 1.165) is 0 Å². The Morgan fingerprint density at radius 3 is 1.43 bits per heavy atom. The predicted octanol–water partition coefficient (Wildman–Crippen LogP) is -0.581. The fraction of sp³-hybridized carbons (Fsp3) is 0.400. The highest BCUT2D eigenvalue weighted by Crippen LogP contribution is 1.82. The maximum Gasteiger partial charge on any atom is 0.187 e. The zero-order valence-corrected chi connectivity index (χ0v) is 3.78. The highest BCUT2D eigenvalue weighted by Gasteiger charge is 1.60. The lowest BCUT2D eigenvalue weighted by molar-refractivity contribution is 1.39. The topological polar surface area (TPSA) is 0 Å². The number of hydrogen-bond acceptors (Lipinski definition) is 0. The monoisotopic (exact) mass is 129 g/mol. The molecule has 0 aromatic heterocycles. The van der Waals surface area contributed by atoms with Gasteiger partial charge in [0.2, 0.25) is 0 Å². The molecular weight excluding hydrogens is 114 g/mol. The molecule has 0 spiro atoms. The van der Waals surface area contributed by atoms with Crippen LogP contribution in [0.15, 0.2) is 11.6 Å². The van der Waals surface area contributed by atoms with Crippen molar-refractivity contribution in [2.45, 2.75) is 13.8 Å². The minimum absolute atomic E-state index is 0. The summed E-state index contributed by atoms with van der Waals surface area (Å²) in [4.78, 5) is 0. The van der Waals surface area contributed by atoms with Crippen molar-refractivity contribution in [2.75, 3.05) is 0 Å². The summed E-state index contributed by atoms with van der Waals surface area (Å²) in [6.45, 7) is 7.56. The van der Waals surface area contributed by atoms with Crippen molar-refractivity contribution in [1.29, 1.82) is 0 Å². The van der Waals surface area contributed by atoms with Gasteiger partial charge >= 0.3 is 0 Å². The quantitative estimate of drug-likeness (QED) is 0.384. The third kappa shape index (κ3) is 20.0. The Labute approximate surface area is 67.3 Å². The minimum Gasteiger partial charge on any atom is -0.0856 e. The highest BCUT2D eigenvalue weighted by atomic mass is 27.0. The van der Waals surface area contributed by atoms with Crippen LogP contribution in [0, 0.1) is 6.92 Å². The van der Waals surface area contributed by atoms with Crippen molar-refractivity contribution >= 4 is 34.7 Å². The molecule has 0 N–H and O–H groups in total. The second-order valence-electron chi connectivity index (χ2n) is 1.28. The SMILES string of the molecule is [AlH3].[AlH3].[CH2]C=C(C)C. The summed E-state index contributed by atoms with van der Waals surface area (Å²) in [5, 5.41) is 0. The highest BCUT2D eigenvalue weighted by molar-refractivity contribution is 5.76. The van der Waals surface area contributed by atoms with Crippen LogP contribution in [0.25, 0.3) is 0 Å². The lowest BCUT2D eigenvalue weighted by atomic mass is 10.3. The van der Waals surface area contributed by atoms with E-state index in [2.05, 4.69) is 6.92 Å². The van der Waals surface area contributed by atoms with E-state index in [-0.39, 0.29) is 34.7 Å². The van der Waals surface area contributed by atoms with Crippen LogP contribution < -0.4 is 0 Å². The van der Waals surface area contributed by atoms with Crippen LogP contribution >= 0.6 is 0 Å². The molecule has 1 radical (unpaired) electrons. The Morgan fingerprint density at radius 2 is 1.43 bits per heavy atom. The molecule has 0 aromatic rings. The largest absolute Gasteiger partial charge is 0.187 e. The summed E-state index contributed by atoms with van der Waals surface area (Å²) in [6, 6.07) is 0. The lowest BCUT2D eigenvalue weighted by Crippen LogP contribution is -1.52. The van der Waals surface area contributed by atoms with Gasteiger partial charge in [-0.15, -0.1) is 0 Å². The molecule has 0 nitrogen and oxygen atoms in total.